The highest BCUT2D eigenvalue weighted by atomic mass is 16.5. The molecule has 1 atom stereocenters. The first-order valence-electron chi connectivity index (χ1n) is 7.61. The summed E-state index contributed by atoms with van der Waals surface area (Å²) in [5, 5.41) is 14.2. The van der Waals surface area contributed by atoms with Gasteiger partial charge in [-0.05, 0) is 25.3 Å². The molecule has 0 bridgehead atoms. The van der Waals surface area contributed by atoms with Gasteiger partial charge in [0.25, 0.3) is 0 Å². The second-order valence-corrected chi connectivity index (χ2v) is 5.49. The van der Waals surface area contributed by atoms with E-state index in [-0.39, 0.29) is 6.10 Å². The zero-order valence-electron chi connectivity index (χ0n) is 12.3. The minimum absolute atomic E-state index is 0.385. The van der Waals surface area contributed by atoms with E-state index in [0.29, 0.717) is 12.4 Å². The van der Waals surface area contributed by atoms with Crippen LogP contribution in [-0.4, -0.2) is 21.8 Å². The zero-order chi connectivity index (χ0) is 14.7. The quantitative estimate of drug-likeness (QED) is 0.937. The first kappa shape index (κ1) is 14.1. The normalized spacial score (nSPS) is 18.4. The summed E-state index contributed by atoms with van der Waals surface area (Å²) in [5.74, 6) is 1.42. The largest absolute Gasteiger partial charge is 0.388 e. The summed E-state index contributed by atoms with van der Waals surface area (Å²) in [5.41, 5.74) is 2.06. The fourth-order valence-corrected chi connectivity index (χ4v) is 2.82. The van der Waals surface area contributed by atoms with Crippen molar-refractivity contribution >= 4 is 5.69 Å². The molecule has 112 valence electrons. The van der Waals surface area contributed by atoms with Crippen LogP contribution in [0.3, 0.4) is 0 Å². The first-order valence-corrected chi connectivity index (χ1v) is 7.61. The molecule has 1 aliphatic rings. The van der Waals surface area contributed by atoms with Crippen LogP contribution >= 0.6 is 0 Å². The summed E-state index contributed by atoms with van der Waals surface area (Å²) in [7, 11) is 0. The van der Waals surface area contributed by atoms with Gasteiger partial charge in [-0.3, -0.25) is 0 Å². The Morgan fingerprint density at radius 1 is 1.38 bits per heavy atom. The number of hydrogen-bond donors (Lipinski definition) is 1. The number of aromatic nitrogens is 2. The van der Waals surface area contributed by atoms with Crippen molar-refractivity contribution < 1.29 is 9.63 Å². The van der Waals surface area contributed by atoms with Crippen molar-refractivity contribution in [2.45, 2.75) is 45.3 Å². The Kier molecular flexibility index (Phi) is 4.20. The predicted molar refractivity (Wildman–Crippen MR) is 80.0 cm³/mol. The average molecular weight is 287 g/mol. The number of aliphatic hydroxyl groups is 1. The SMILES string of the molecule is CCCc1noc(CN2CCCC(O)c3ccccc32)n1. The molecule has 5 nitrogen and oxygen atoms in total. The molecule has 0 saturated heterocycles. The van der Waals surface area contributed by atoms with Crippen molar-refractivity contribution in [3.8, 4) is 0 Å². The third-order valence-corrected chi connectivity index (χ3v) is 3.85. The van der Waals surface area contributed by atoms with Gasteiger partial charge >= 0.3 is 0 Å². The van der Waals surface area contributed by atoms with E-state index in [4.69, 9.17) is 4.52 Å². The second kappa shape index (κ2) is 6.26. The number of para-hydroxylation sites is 1. The third kappa shape index (κ3) is 3.08. The summed E-state index contributed by atoms with van der Waals surface area (Å²) >= 11 is 0. The Bertz CT molecular complexity index is 597. The van der Waals surface area contributed by atoms with Crippen molar-refractivity contribution in [3.05, 3.63) is 41.5 Å². The van der Waals surface area contributed by atoms with Crippen LogP contribution in [0.25, 0.3) is 0 Å². The molecular weight excluding hydrogens is 266 g/mol. The van der Waals surface area contributed by atoms with E-state index in [2.05, 4.69) is 22.0 Å². The highest BCUT2D eigenvalue weighted by Crippen LogP contribution is 2.33. The Balaban J connectivity index is 1.82. The van der Waals surface area contributed by atoms with Gasteiger partial charge in [0.05, 0.1) is 12.6 Å². The smallest absolute Gasteiger partial charge is 0.246 e. The lowest BCUT2D eigenvalue weighted by Crippen LogP contribution is -2.23. The lowest BCUT2D eigenvalue weighted by atomic mass is 10.0. The van der Waals surface area contributed by atoms with Crippen molar-refractivity contribution in [1.29, 1.82) is 0 Å². The van der Waals surface area contributed by atoms with Gasteiger partial charge in [0, 0.05) is 24.2 Å². The molecule has 5 heteroatoms. The van der Waals surface area contributed by atoms with E-state index in [1.54, 1.807) is 0 Å². The van der Waals surface area contributed by atoms with Crippen LogP contribution in [0.5, 0.6) is 0 Å². The van der Waals surface area contributed by atoms with Gasteiger partial charge < -0.3 is 14.5 Å². The highest BCUT2D eigenvalue weighted by Gasteiger charge is 2.22. The molecule has 0 fully saturated rings. The number of fused-ring (bicyclic) bond motifs is 1. The Morgan fingerprint density at radius 2 is 2.24 bits per heavy atom. The van der Waals surface area contributed by atoms with E-state index in [0.717, 1.165) is 49.3 Å². The van der Waals surface area contributed by atoms with E-state index in [1.165, 1.54) is 0 Å². The van der Waals surface area contributed by atoms with Crippen LogP contribution in [0.1, 0.15) is 49.6 Å². The molecule has 3 rings (SSSR count). The van der Waals surface area contributed by atoms with Gasteiger partial charge in [-0.15, -0.1) is 0 Å². The van der Waals surface area contributed by atoms with Crippen molar-refractivity contribution in [2.75, 3.05) is 11.4 Å². The summed E-state index contributed by atoms with van der Waals surface area (Å²) < 4.78 is 5.34. The summed E-state index contributed by atoms with van der Waals surface area (Å²) in [4.78, 5) is 6.65. The molecule has 2 heterocycles. The molecule has 1 aromatic heterocycles. The lowest BCUT2D eigenvalue weighted by molar-refractivity contribution is 0.168. The number of rotatable bonds is 4. The fourth-order valence-electron chi connectivity index (χ4n) is 2.82. The van der Waals surface area contributed by atoms with E-state index in [9.17, 15) is 5.11 Å². The summed E-state index contributed by atoms with van der Waals surface area (Å²) in [6, 6.07) is 8.01. The molecule has 1 aromatic carbocycles. The molecule has 0 amide bonds. The second-order valence-electron chi connectivity index (χ2n) is 5.49. The van der Waals surface area contributed by atoms with Crippen LogP contribution in [0.4, 0.5) is 5.69 Å². The van der Waals surface area contributed by atoms with Crippen molar-refractivity contribution in [2.24, 2.45) is 0 Å². The van der Waals surface area contributed by atoms with Crippen molar-refractivity contribution in [3.63, 3.8) is 0 Å². The fraction of sp³-hybridized carbons (Fsp3) is 0.500. The lowest BCUT2D eigenvalue weighted by Gasteiger charge is -2.23. The highest BCUT2D eigenvalue weighted by molar-refractivity contribution is 5.55. The maximum absolute atomic E-state index is 10.2. The Labute approximate surface area is 124 Å². The monoisotopic (exact) mass is 287 g/mol. The average Bonchev–Trinajstić information content (AvgIpc) is 2.87. The molecule has 1 N–H and O–H groups in total. The Hall–Kier alpha value is -1.88. The minimum atomic E-state index is -0.385. The zero-order valence-corrected chi connectivity index (χ0v) is 12.3. The standard InChI is InChI=1S/C16H21N3O2/c1-2-6-15-17-16(21-18-15)11-19-10-5-9-14(20)12-7-3-4-8-13(12)19/h3-4,7-8,14,20H,2,5-6,9-11H2,1H3. The van der Waals surface area contributed by atoms with Crippen LogP contribution in [0, 0.1) is 0 Å². The molecule has 1 aliphatic heterocycles. The topological polar surface area (TPSA) is 62.4 Å². The molecule has 2 aromatic rings. The molecular formula is C16H21N3O2. The van der Waals surface area contributed by atoms with Crippen LogP contribution in [0.2, 0.25) is 0 Å². The van der Waals surface area contributed by atoms with E-state index in [1.807, 2.05) is 24.3 Å². The maximum atomic E-state index is 10.2. The molecule has 0 aliphatic carbocycles. The van der Waals surface area contributed by atoms with Crippen LogP contribution < -0.4 is 4.90 Å². The number of hydrogen-bond acceptors (Lipinski definition) is 5. The van der Waals surface area contributed by atoms with Gasteiger partial charge in [-0.2, -0.15) is 4.98 Å². The number of benzene rings is 1. The number of nitrogens with zero attached hydrogens (tertiary/aromatic N) is 3. The number of aliphatic hydroxyl groups excluding tert-OH is 1. The third-order valence-electron chi connectivity index (χ3n) is 3.85. The molecule has 0 radical (unpaired) electrons. The van der Waals surface area contributed by atoms with Crippen molar-refractivity contribution in [1.82, 2.24) is 10.1 Å². The van der Waals surface area contributed by atoms with E-state index >= 15 is 0 Å². The maximum Gasteiger partial charge on any atom is 0.246 e. The Morgan fingerprint density at radius 3 is 3.10 bits per heavy atom. The molecule has 1 unspecified atom stereocenters. The van der Waals surface area contributed by atoms with Crippen LogP contribution in [-0.2, 0) is 13.0 Å². The number of anilines is 1. The van der Waals surface area contributed by atoms with Gasteiger partial charge in [-0.1, -0.05) is 30.3 Å². The van der Waals surface area contributed by atoms with Gasteiger partial charge in [0.1, 0.15) is 0 Å². The van der Waals surface area contributed by atoms with Crippen LogP contribution in [0.15, 0.2) is 28.8 Å². The van der Waals surface area contributed by atoms with Gasteiger partial charge in [0.2, 0.25) is 5.89 Å². The molecule has 0 saturated carbocycles. The summed E-state index contributed by atoms with van der Waals surface area (Å²) in [6.07, 6.45) is 3.21. The number of aryl methyl sites for hydroxylation is 1. The predicted octanol–water partition coefficient (Wildman–Crippen LogP) is 2.86. The van der Waals surface area contributed by atoms with E-state index < -0.39 is 0 Å². The molecule has 21 heavy (non-hydrogen) atoms. The summed E-state index contributed by atoms with van der Waals surface area (Å²) in [6.45, 7) is 3.59. The molecule has 0 spiro atoms. The minimum Gasteiger partial charge on any atom is -0.388 e. The first-order chi connectivity index (χ1) is 10.3. The van der Waals surface area contributed by atoms with Gasteiger partial charge in [0.15, 0.2) is 5.82 Å². The van der Waals surface area contributed by atoms with Gasteiger partial charge in [-0.25, -0.2) is 0 Å².